The van der Waals surface area contributed by atoms with Crippen LogP contribution in [-0.4, -0.2) is 34.8 Å². The van der Waals surface area contributed by atoms with E-state index in [1.165, 1.54) is 30.7 Å². The molecular formula is C25H28N2O5S. The second kappa shape index (κ2) is 9.95. The van der Waals surface area contributed by atoms with E-state index < -0.39 is 15.9 Å². The van der Waals surface area contributed by atoms with E-state index >= 15 is 0 Å². The van der Waals surface area contributed by atoms with Crippen molar-refractivity contribution in [2.24, 2.45) is 0 Å². The van der Waals surface area contributed by atoms with Gasteiger partial charge >= 0.3 is 0 Å². The van der Waals surface area contributed by atoms with Crippen molar-refractivity contribution in [1.29, 1.82) is 0 Å². The third-order valence-corrected chi connectivity index (χ3v) is 6.48. The summed E-state index contributed by atoms with van der Waals surface area (Å²) in [6.45, 7) is 4.00. The van der Waals surface area contributed by atoms with Crippen LogP contribution in [0.5, 0.6) is 11.5 Å². The molecule has 0 aliphatic heterocycles. The average Bonchev–Trinajstić information content (AvgIpc) is 2.79. The zero-order valence-corrected chi connectivity index (χ0v) is 20.2. The lowest BCUT2D eigenvalue weighted by Crippen LogP contribution is -2.31. The lowest BCUT2D eigenvalue weighted by atomic mass is 10.1. The van der Waals surface area contributed by atoms with E-state index in [0.29, 0.717) is 17.2 Å². The Morgan fingerprint density at radius 1 is 0.909 bits per heavy atom. The summed E-state index contributed by atoms with van der Waals surface area (Å²) in [6.07, 6.45) is 1.11. The molecule has 0 unspecified atom stereocenters. The zero-order valence-electron chi connectivity index (χ0n) is 19.4. The first-order chi connectivity index (χ1) is 15.6. The van der Waals surface area contributed by atoms with Crippen LogP contribution in [-0.2, 0) is 16.6 Å². The van der Waals surface area contributed by atoms with Gasteiger partial charge in [0, 0.05) is 11.8 Å². The van der Waals surface area contributed by atoms with Crippen molar-refractivity contribution in [2.75, 3.05) is 30.1 Å². The summed E-state index contributed by atoms with van der Waals surface area (Å²) in [4.78, 5) is 13.4. The molecule has 3 aromatic rings. The number of ether oxygens (including phenoxy) is 2. The number of amides is 1. The monoisotopic (exact) mass is 468 g/mol. The number of carbonyl (C=O) groups is 1. The van der Waals surface area contributed by atoms with Crippen molar-refractivity contribution in [3.8, 4) is 11.5 Å². The molecule has 0 fully saturated rings. The fourth-order valence-electron chi connectivity index (χ4n) is 3.40. The van der Waals surface area contributed by atoms with Crippen LogP contribution in [0.25, 0.3) is 0 Å². The maximum absolute atomic E-state index is 13.4. The van der Waals surface area contributed by atoms with E-state index in [-0.39, 0.29) is 17.8 Å². The highest BCUT2D eigenvalue weighted by Crippen LogP contribution is 2.37. The Bertz CT molecular complexity index is 1260. The van der Waals surface area contributed by atoms with Crippen molar-refractivity contribution >= 4 is 27.3 Å². The molecule has 0 spiro atoms. The summed E-state index contributed by atoms with van der Waals surface area (Å²) >= 11 is 0. The molecule has 0 atom stereocenters. The first-order valence-corrected chi connectivity index (χ1v) is 12.1. The van der Waals surface area contributed by atoms with Gasteiger partial charge in [0.2, 0.25) is 10.0 Å². The van der Waals surface area contributed by atoms with Crippen LogP contribution in [0.4, 0.5) is 11.4 Å². The highest BCUT2D eigenvalue weighted by molar-refractivity contribution is 7.92. The maximum atomic E-state index is 13.4. The topological polar surface area (TPSA) is 84.9 Å². The minimum absolute atomic E-state index is 0.0546. The number of methoxy groups -OCH3 is 2. The molecule has 0 aliphatic carbocycles. The fourth-order valence-corrected chi connectivity index (χ4v) is 4.30. The van der Waals surface area contributed by atoms with E-state index in [9.17, 15) is 13.2 Å². The number of hydrogen-bond acceptors (Lipinski definition) is 5. The summed E-state index contributed by atoms with van der Waals surface area (Å²) < 4.78 is 37.6. The van der Waals surface area contributed by atoms with Crippen LogP contribution < -0.4 is 19.1 Å². The summed E-state index contributed by atoms with van der Waals surface area (Å²) in [6, 6.07) is 17.8. The Morgan fingerprint density at radius 3 is 2.12 bits per heavy atom. The molecule has 0 bridgehead atoms. The quantitative estimate of drug-likeness (QED) is 0.525. The number of carbonyl (C=O) groups excluding carboxylic acids is 1. The molecule has 1 N–H and O–H groups in total. The molecule has 174 valence electrons. The lowest BCUT2D eigenvalue weighted by molar-refractivity contribution is 0.102. The first kappa shape index (κ1) is 24.1. The Labute approximate surface area is 195 Å². The number of aryl methyl sites for hydroxylation is 2. The zero-order chi connectivity index (χ0) is 24.2. The van der Waals surface area contributed by atoms with Gasteiger partial charge in [0.15, 0.2) is 11.5 Å². The molecule has 0 saturated heterocycles. The van der Waals surface area contributed by atoms with Crippen LogP contribution in [0.1, 0.15) is 27.0 Å². The van der Waals surface area contributed by atoms with Crippen molar-refractivity contribution in [2.45, 2.75) is 20.4 Å². The Morgan fingerprint density at radius 2 is 1.55 bits per heavy atom. The van der Waals surface area contributed by atoms with E-state index in [1.807, 2.05) is 56.3 Å². The summed E-state index contributed by atoms with van der Waals surface area (Å²) in [7, 11) is -0.829. The predicted octanol–water partition coefficient (Wildman–Crippen LogP) is 4.54. The largest absolute Gasteiger partial charge is 0.493 e. The molecule has 8 heteroatoms. The Kier molecular flexibility index (Phi) is 7.28. The molecule has 0 saturated carbocycles. The standard InChI is InChI=1S/C25H28N2O5S/c1-17-11-12-20(13-18(17)2)26-25(28)21-14-23(31-3)24(32-4)15-22(21)27(33(5,29)30)16-19-9-7-6-8-10-19/h6-15H,16H2,1-5H3,(H,26,28). The van der Waals surface area contributed by atoms with Gasteiger partial charge in [-0.1, -0.05) is 36.4 Å². The van der Waals surface area contributed by atoms with Gasteiger partial charge in [0.25, 0.3) is 5.91 Å². The van der Waals surface area contributed by atoms with Crippen molar-refractivity contribution in [3.05, 3.63) is 82.9 Å². The smallest absolute Gasteiger partial charge is 0.257 e. The second-order valence-corrected chi connectivity index (χ2v) is 9.64. The van der Waals surface area contributed by atoms with Gasteiger partial charge in [-0.2, -0.15) is 0 Å². The van der Waals surface area contributed by atoms with Gasteiger partial charge in [-0.3, -0.25) is 9.10 Å². The van der Waals surface area contributed by atoms with Crippen molar-refractivity contribution in [1.82, 2.24) is 0 Å². The van der Waals surface area contributed by atoms with E-state index in [0.717, 1.165) is 22.9 Å². The SMILES string of the molecule is COc1cc(C(=O)Nc2ccc(C)c(C)c2)c(N(Cc2ccccc2)S(C)(=O)=O)cc1OC. The van der Waals surface area contributed by atoms with Crippen molar-refractivity contribution < 1.29 is 22.7 Å². The third-order valence-electron chi connectivity index (χ3n) is 5.35. The number of benzene rings is 3. The Hall–Kier alpha value is -3.52. The van der Waals surface area contributed by atoms with Crippen LogP contribution in [0.3, 0.4) is 0 Å². The van der Waals surface area contributed by atoms with E-state index in [4.69, 9.17) is 9.47 Å². The maximum Gasteiger partial charge on any atom is 0.257 e. The first-order valence-electron chi connectivity index (χ1n) is 10.3. The van der Waals surface area contributed by atoms with E-state index in [1.54, 1.807) is 6.07 Å². The molecule has 3 aromatic carbocycles. The molecule has 7 nitrogen and oxygen atoms in total. The summed E-state index contributed by atoms with van der Waals surface area (Å²) in [5.41, 5.74) is 3.86. The molecular weight excluding hydrogens is 440 g/mol. The summed E-state index contributed by atoms with van der Waals surface area (Å²) in [5, 5.41) is 2.87. The minimum atomic E-state index is -3.74. The lowest BCUT2D eigenvalue weighted by Gasteiger charge is -2.26. The number of nitrogens with zero attached hydrogens (tertiary/aromatic N) is 1. The van der Waals surface area contributed by atoms with E-state index in [2.05, 4.69) is 5.32 Å². The average molecular weight is 469 g/mol. The van der Waals surface area contributed by atoms with Gasteiger partial charge < -0.3 is 14.8 Å². The fraction of sp³-hybridized carbons (Fsp3) is 0.240. The molecule has 0 aromatic heterocycles. The minimum Gasteiger partial charge on any atom is -0.493 e. The van der Waals surface area contributed by atoms with Gasteiger partial charge in [0.1, 0.15) is 0 Å². The molecule has 0 aliphatic rings. The van der Waals surface area contributed by atoms with Crippen molar-refractivity contribution in [3.63, 3.8) is 0 Å². The number of rotatable bonds is 8. The second-order valence-electron chi connectivity index (χ2n) is 7.73. The van der Waals surface area contributed by atoms with Crippen LogP contribution >= 0.6 is 0 Å². The van der Waals surface area contributed by atoms with Gasteiger partial charge in [0.05, 0.1) is 38.3 Å². The highest BCUT2D eigenvalue weighted by atomic mass is 32.2. The number of hydrogen-bond donors (Lipinski definition) is 1. The van der Waals surface area contributed by atoms with Gasteiger partial charge in [-0.15, -0.1) is 0 Å². The van der Waals surface area contributed by atoms with Crippen LogP contribution in [0.15, 0.2) is 60.7 Å². The predicted molar refractivity (Wildman–Crippen MR) is 131 cm³/mol. The highest BCUT2D eigenvalue weighted by Gasteiger charge is 2.26. The van der Waals surface area contributed by atoms with Crippen LogP contribution in [0.2, 0.25) is 0 Å². The molecule has 33 heavy (non-hydrogen) atoms. The molecule has 1 amide bonds. The van der Waals surface area contributed by atoms with Gasteiger partial charge in [-0.25, -0.2) is 8.42 Å². The summed E-state index contributed by atoms with van der Waals surface area (Å²) in [5.74, 6) is 0.174. The third kappa shape index (κ3) is 5.64. The number of nitrogens with one attached hydrogen (secondary N) is 1. The van der Waals surface area contributed by atoms with Crippen LogP contribution in [0, 0.1) is 13.8 Å². The van der Waals surface area contributed by atoms with Gasteiger partial charge in [-0.05, 0) is 48.7 Å². The molecule has 0 heterocycles. The Balaban J connectivity index is 2.13. The number of anilines is 2. The normalized spacial score (nSPS) is 11.1. The molecule has 3 rings (SSSR count). The number of sulfonamides is 1. The molecule has 0 radical (unpaired) electrons.